The summed E-state index contributed by atoms with van der Waals surface area (Å²) in [5, 5.41) is 3.17. The Morgan fingerprint density at radius 2 is 1.86 bits per heavy atom. The summed E-state index contributed by atoms with van der Waals surface area (Å²) in [6.07, 6.45) is 5.41. The van der Waals surface area contributed by atoms with E-state index in [1.54, 1.807) is 24.7 Å². The fourth-order valence-electron chi connectivity index (χ4n) is 4.22. The number of aromatic nitrogens is 3. The van der Waals surface area contributed by atoms with Crippen molar-refractivity contribution in [1.82, 2.24) is 20.3 Å². The molecule has 8 heteroatoms. The average Bonchev–Trinajstić information content (AvgIpc) is 2.90. The zero-order valence-corrected chi connectivity index (χ0v) is 19.1. The number of rotatable bonds is 6. The molecule has 3 heterocycles. The third kappa shape index (κ3) is 4.42. The highest BCUT2D eigenvalue weighted by atomic mass is 19.1. The molecule has 1 aliphatic heterocycles. The zero-order valence-electron chi connectivity index (χ0n) is 19.1. The molecule has 0 aliphatic carbocycles. The van der Waals surface area contributed by atoms with Crippen LogP contribution >= 0.6 is 0 Å². The summed E-state index contributed by atoms with van der Waals surface area (Å²) in [6.45, 7) is 2.81. The SMILES string of the molecule is CCOc1cnc(-c2ccc(C3(NC(=O)c4ccc(F)cc4)CCOc4cccnc43)cc2)cn1. The fourth-order valence-corrected chi connectivity index (χ4v) is 4.22. The second kappa shape index (κ2) is 9.50. The van der Waals surface area contributed by atoms with Crippen molar-refractivity contribution < 1.29 is 18.7 Å². The molecule has 176 valence electrons. The van der Waals surface area contributed by atoms with E-state index in [0.29, 0.717) is 48.2 Å². The maximum absolute atomic E-state index is 13.4. The number of halogens is 1. The topological polar surface area (TPSA) is 86.2 Å². The van der Waals surface area contributed by atoms with Crippen LogP contribution < -0.4 is 14.8 Å². The van der Waals surface area contributed by atoms with Crippen LogP contribution in [0.1, 0.15) is 35.0 Å². The van der Waals surface area contributed by atoms with E-state index in [-0.39, 0.29) is 5.91 Å². The van der Waals surface area contributed by atoms with Gasteiger partial charge in [0.05, 0.1) is 31.3 Å². The van der Waals surface area contributed by atoms with Crippen LogP contribution in [-0.4, -0.2) is 34.1 Å². The van der Waals surface area contributed by atoms with E-state index in [0.717, 1.165) is 11.1 Å². The summed E-state index contributed by atoms with van der Waals surface area (Å²) in [6, 6.07) is 16.9. The molecule has 4 aromatic rings. The summed E-state index contributed by atoms with van der Waals surface area (Å²) >= 11 is 0. The van der Waals surface area contributed by atoms with E-state index in [1.807, 2.05) is 37.3 Å². The van der Waals surface area contributed by atoms with E-state index >= 15 is 0 Å². The molecule has 1 atom stereocenters. The minimum atomic E-state index is -0.927. The number of fused-ring (bicyclic) bond motifs is 1. The first-order valence-corrected chi connectivity index (χ1v) is 11.3. The molecule has 2 aromatic heterocycles. The summed E-state index contributed by atoms with van der Waals surface area (Å²) in [7, 11) is 0. The van der Waals surface area contributed by atoms with E-state index in [4.69, 9.17) is 9.47 Å². The normalized spacial score (nSPS) is 16.6. The first-order valence-electron chi connectivity index (χ1n) is 11.3. The van der Waals surface area contributed by atoms with Crippen LogP contribution in [-0.2, 0) is 5.54 Å². The maximum Gasteiger partial charge on any atom is 0.252 e. The molecule has 0 radical (unpaired) electrons. The van der Waals surface area contributed by atoms with Crippen molar-refractivity contribution in [2.24, 2.45) is 0 Å². The van der Waals surface area contributed by atoms with E-state index in [9.17, 15) is 9.18 Å². The first-order chi connectivity index (χ1) is 17.1. The lowest BCUT2D eigenvalue weighted by molar-refractivity contribution is 0.0883. The maximum atomic E-state index is 13.4. The Bertz CT molecular complexity index is 1330. The van der Waals surface area contributed by atoms with Gasteiger partial charge in [0, 0.05) is 23.7 Å². The van der Waals surface area contributed by atoms with Gasteiger partial charge in [-0.25, -0.2) is 14.4 Å². The number of carbonyl (C=O) groups excluding carboxylic acids is 1. The molecule has 0 spiro atoms. The first kappa shape index (κ1) is 22.5. The molecule has 1 aliphatic rings. The third-order valence-electron chi connectivity index (χ3n) is 5.94. The molecule has 1 amide bonds. The number of nitrogens with one attached hydrogen (secondary N) is 1. The smallest absolute Gasteiger partial charge is 0.252 e. The molecular weight excluding hydrogens is 447 g/mol. The van der Waals surface area contributed by atoms with Crippen molar-refractivity contribution in [1.29, 1.82) is 0 Å². The van der Waals surface area contributed by atoms with Gasteiger partial charge in [-0.1, -0.05) is 24.3 Å². The van der Waals surface area contributed by atoms with Crippen LogP contribution in [0.4, 0.5) is 4.39 Å². The standard InChI is InChI=1S/C27H23FN4O3/c1-2-34-24-17-30-22(16-31-24)18-5-9-20(10-6-18)27(13-15-35-23-4-3-14-29-25(23)27)32-26(33)19-7-11-21(28)12-8-19/h3-12,14,16-17H,2,13,15H2,1H3,(H,32,33). The second-order valence-corrected chi connectivity index (χ2v) is 8.07. The van der Waals surface area contributed by atoms with Crippen LogP contribution in [0.3, 0.4) is 0 Å². The van der Waals surface area contributed by atoms with Gasteiger partial charge < -0.3 is 14.8 Å². The van der Waals surface area contributed by atoms with Gasteiger partial charge in [-0.3, -0.25) is 9.78 Å². The number of hydrogen-bond donors (Lipinski definition) is 1. The molecule has 5 rings (SSSR count). The van der Waals surface area contributed by atoms with Gasteiger partial charge in [-0.2, -0.15) is 0 Å². The van der Waals surface area contributed by atoms with Gasteiger partial charge in [-0.05, 0) is 48.9 Å². The summed E-state index contributed by atoms with van der Waals surface area (Å²) in [5.74, 6) is 0.354. The number of nitrogens with zero attached hydrogens (tertiary/aromatic N) is 3. The van der Waals surface area contributed by atoms with Crippen LogP contribution in [0.5, 0.6) is 11.6 Å². The van der Waals surface area contributed by atoms with Gasteiger partial charge in [0.2, 0.25) is 5.88 Å². The Labute approximate surface area is 202 Å². The molecule has 0 saturated heterocycles. The predicted molar refractivity (Wildman–Crippen MR) is 128 cm³/mol. The molecular formula is C27H23FN4O3. The average molecular weight is 471 g/mol. The highest BCUT2D eigenvalue weighted by Gasteiger charge is 2.42. The quantitative estimate of drug-likeness (QED) is 0.446. The number of ether oxygens (including phenoxy) is 2. The Morgan fingerprint density at radius 1 is 1.06 bits per heavy atom. The van der Waals surface area contributed by atoms with Crippen molar-refractivity contribution in [2.75, 3.05) is 13.2 Å². The summed E-state index contributed by atoms with van der Waals surface area (Å²) < 4.78 is 24.6. The summed E-state index contributed by atoms with van der Waals surface area (Å²) in [5.41, 5.74) is 2.47. The Kier molecular flexibility index (Phi) is 6.10. The molecule has 0 bridgehead atoms. The molecule has 35 heavy (non-hydrogen) atoms. The van der Waals surface area contributed by atoms with Gasteiger partial charge in [0.15, 0.2) is 0 Å². The number of pyridine rings is 1. The predicted octanol–water partition coefficient (Wildman–Crippen LogP) is 4.53. The summed E-state index contributed by atoms with van der Waals surface area (Å²) in [4.78, 5) is 26.6. The van der Waals surface area contributed by atoms with Crippen LogP contribution in [0.15, 0.2) is 79.3 Å². The van der Waals surface area contributed by atoms with Gasteiger partial charge in [0.25, 0.3) is 5.91 Å². The van der Waals surface area contributed by atoms with Crippen molar-refractivity contribution in [3.63, 3.8) is 0 Å². The molecule has 1 unspecified atom stereocenters. The van der Waals surface area contributed by atoms with Gasteiger partial charge in [-0.15, -0.1) is 0 Å². The van der Waals surface area contributed by atoms with E-state index in [1.165, 1.54) is 24.3 Å². The van der Waals surface area contributed by atoms with Crippen molar-refractivity contribution in [2.45, 2.75) is 18.9 Å². The van der Waals surface area contributed by atoms with Crippen LogP contribution in [0.2, 0.25) is 0 Å². The Hall–Kier alpha value is -4.33. The lowest BCUT2D eigenvalue weighted by Gasteiger charge is -2.39. The molecule has 7 nitrogen and oxygen atoms in total. The van der Waals surface area contributed by atoms with Crippen molar-refractivity contribution >= 4 is 5.91 Å². The number of benzene rings is 2. The van der Waals surface area contributed by atoms with Gasteiger partial charge >= 0.3 is 0 Å². The highest BCUT2D eigenvalue weighted by molar-refractivity contribution is 5.95. The van der Waals surface area contributed by atoms with E-state index < -0.39 is 11.4 Å². The monoisotopic (exact) mass is 470 g/mol. The lowest BCUT2D eigenvalue weighted by atomic mass is 9.80. The molecule has 2 aromatic carbocycles. The van der Waals surface area contributed by atoms with Gasteiger partial charge in [0.1, 0.15) is 22.8 Å². The Morgan fingerprint density at radius 3 is 2.57 bits per heavy atom. The minimum Gasteiger partial charge on any atom is -0.491 e. The van der Waals surface area contributed by atoms with Crippen molar-refractivity contribution in [3.8, 4) is 22.9 Å². The lowest BCUT2D eigenvalue weighted by Crippen LogP contribution is -2.50. The van der Waals surface area contributed by atoms with Crippen LogP contribution in [0.25, 0.3) is 11.3 Å². The van der Waals surface area contributed by atoms with E-state index in [2.05, 4.69) is 20.3 Å². The second-order valence-electron chi connectivity index (χ2n) is 8.07. The minimum absolute atomic E-state index is 0.329. The molecule has 1 N–H and O–H groups in total. The highest BCUT2D eigenvalue weighted by Crippen LogP contribution is 2.41. The fraction of sp³-hybridized carbons (Fsp3) is 0.185. The number of hydrogen-bond acceptors (Lipinski definition) is 6. The number of amides is 1. The molecule has 0 fully saturated rings. The largest absolute Gasteiger partial charge is 0.491 e. The zero-order chi connectivity index (χ0) is 24.3. The van der Waals surface area contributed by atoms with Crippen LogP contribution in [0, 0.1) is 5.82 Å². The third-order valence-corrected chi connectivity index (χ3v) is 5.94. The number of carbonyl (C=O) groups is 1. The Balaban J connectivity index is 1.52. The molecule has 0 saturated carbocycles. The van der Waals surface area contributed by atoms with Crippen molar-refractivity contribution in [3.05, 3.63) is 102 Å².